The van der Waals surface area contributed by atoms with Crippen LogP contribution in [0.4, 0.5) is 0 Å². The molecule has 0 saturated heterocycles. The first-order valence-corrected chi connectivity index (χ1v) is 7.40. The lowest BCUT2D eigenvalue weighted by molar-refractivity contribution is 0.667. The molecule has 0 saturated carbocycles. The third-order valence-electron chi connectivity index (χ3n) is 3.46. The van der Waals surface area contributed by atoms with Crippen LogP contribution in [-0.2, 0) is 19.4 Å². The molecule has 21 heavy (non-hydrogen) atoms. The highest BCUT2D eigenvalue weighted by Gasteiger charge is 2.11. The van der Waals surface area contributed by atoms with Gasteiger partial charge in [-0.15, -0.1) is 0 Å². The number of halogens is 1. The lowest BCUT2D eigenvalue weighted by atomic mass is 10.1. The van der Waals surface area contributed by atoms with Gasteiger partial charge in [0.2, 0.25) is 0 Å². The maximum absolute atomic E-state index is 5.99. The number of rotatable bonds is 5. The van der Waals surface area contributed by atoms with E-state index in [4.69, 9.17) is 17.3 Å². The van der Waals surface area contributed by atoms with Crippen molar-refractivity contribution in [2.75, 3.05) is 6.54 Å². The lowest BCUT2D eigenvalue weighted by Crippen LogP contribution is -2.13. The van der Waals surface area contributed by atoms with Crippen molar-refractivity contribution in [2.24, 2.45) is 5.73 Å². The summed E-state index contributed by atoms with van der Waals surface area (Å²) in [6, 6.07) is 12.2. The van der Waals surface area contributed by atoms with Crippen LogP contribution in [0.3, 0.4) is 0 Å². The van der Waals surface area contributed by atoms with Crippen LogP contribution in [0.1, 0.15) is 11.4 Å². The molecule has 3 rings (SSSR count). The van der Waals surface area contributed by atoms with Gasteiger partial charge in [-0.1, -0.05) is 41.9 Å². The van der Waals surface area contributed by atoms with Crippen LogP contribution in [0.2, 0.25) is 5.02 Å². The highest BCUT2D eigenvalue weighted by Crippen LogP contribution is 2.19. The summed E-state index contributed by atoms with van der Waals surface area (Å²) in [5.74, 6) is 1.01. The Morgan fingerprint density at radius 3 is 2.71 bits per heavy atom. The molecule has 0 fully saturated rings. The molecule has 0 bridgehead atoms. The van der Waals surface area contributed by atoms with Gasteiger partial charge in [-0.25, -0.2) is 9.97 Å². The minimum absolute atomic E-state index is 0.564. The molecular weight excluding hydrogens is 284 g/mol. The molecular formula is C16H17ClN4. The molecule has 0 aliphatic heterocycles. The summed E-state index contributed by atoms with van der Waals surface area (Å²) < 4.78 is 2.09. The van der Waals surface area contributed by atoms with Gasteiger partial charge in [0.05, 0.1) is 5.02 Å². The van der Waals surface area contributed by atoms with Gasteiger partial charge >= 0.3 is 0 Å². The number of nitrogens with zero attached hydrogens (tertiary/aromatic N) is 3. The van der Waals surface area contributed by atoms with Gasteiger partial charge in [-0.3, -0.25) is 0 Å². The maximum atomic E-state index is 5.99. The van der Waals surface area contributed by atoms with Crippen molar-refractivity contribution in [1.29, 1.82) is 0 Å². The third-order valence-corrected chi connectivity index (χ3v) is 3.67. The Morgan fingerprint density at radius 1 is 1.14 bits per heavy atom. The minimum Gasteiger partial charge on any atom is -0.329 e. The molecule has 5 heteroatoms. The fraction of sp³-hybridized carbons (Fsp3) is 0.250. The highest BCUT2D eigenvalue weighted by molar-refractivity contribution is 6.31. The van der Waals surface area contributed by atoms with Crippen LogP contribution >= 0.6 is 11.6 Å². The second-order valence-electron chi connectivity index (χ2n) is 4.95. The van der Waals surface area contributed by atoms with E-state index < -0.39 is 0 Å². The third kappa shape index (κ3) is 3.06. The summed E-state index contributed by atoms with van der Waals surface area (Å²) in [6.07, 6.45) is 3.46. The predicted octanol–water partition coefficient (Wildman–Crippen LogP) is 2.83. The Balaban J connectivity index is 1.91. The monoisotopic (exact) mass is 300 g/mol. The summed E-state index contributed by atoms with van der Waals surface area (Å²) in [6.45, 7) is 1.28. The Bertz CT molecular complexity index is 737. The van der Waals surface area contributed by atoms with Crippen molar-refractivity contribution in [3.8, 4) is 0 Å². The minimum atomic E-state index is 0.564. The van der Waals surface area contributed by atoms with Gasteiger partial charge in [-0.05, 0) is 18.1 Å². The van der Waals surface area contributed by atoms with E-state index in [-0.39, 0.29) is 0 Å². The van der Waals surface area contributed by atoms with Crippen LogP contribution < -0.4 is 5.73 Å². The summed E-state index contributed by atoms with van der Waals surface area (Å²) >= 11 is 5.99. The molecule has 0 spiro atoms. The number of nitrogens with two attached hydrogens (primary N) is 1. The molecule has 0 amide bonds. The zero-order valence-electron chi connectivity index (χ0n) is 11.7. The largest absolute Gasteiger partial charge is 0.329 e. The van der Waals surface area contributed by atoms with Crippen molar-refractivity contribution in [2.45, 2.75) is 19.4 Å². The summed E-state index contributed by atoms with van der Waals surface area (Å²) in [4.78, 5) is 9.06. The van der Waals surface area contributed by atoms with Gasteiger partial charge in [-0.2, -0.15) is 0 Å². The van der Waals surface area contributed by atoms with Crippen molar-refractivity contribution in [1.82, 2.24) is 14.5 Å². The van der Waals surface area contributed by atoms with Crippen molar-refractivity contribution in [3.63, 3.8) is 0 Å². The van der Waals surface area contributed by atoms with E-state index in [1.165, 1.54) is 5.56 Å². The van der Waals surface area contributed by atoms with Crippen LogP contribution in [0.15, 0.2) is 42.6 Å². The van der Waals surface area contributed by atoms with E-state index in [1.54, 1.807) is 6.20 Å². The van der Waals surface area contributed by atoms with E-state index in [1.807, 2.05) is 12.1 Å². The zero-order valence-corrected chi connectivity index (χ0v) is 12.4. The Morgan fingerprint density at radius 2 is 1.95 bits per heavy atom. The molecule has 0 unspecified atom stereocenters. The smallest absolute Gasteiger partial charge is 0.160 e. The molecule has 1 aromatic carbocycles. The molecule has 4 nitrogen and oxygen atoms in total. The van der Waals surface area contributed by atoms with Gasteiger partial charge in [0.25, 0.3) is 0 Å². The quantitative estimate of drug-likeness (QED) is 0.788. The van der Waals surface area contributed by atoms with Crippen molar-refractivity contribution >= 4 is 22.8 Å². The standard InChI is InChI=1S/C16H17ClN4/c17-13-10-14-16(19-11-13)21(9-8-18)15(20-14)7-6-12-4-2-1-3-5-12/h1-5,10-11H,6-9,18H2. The molecule has 0 aliphatic rings. The molecule has 2 heterocycles. The van der Waals surface area contributed by atoms with E-state index in [9.17, 15) is 0 Å². The molecule has 0 atom stereocenters. The number of aromatic nitrogens is 3. The van der Waals surface area contributed by atoms with Crippen molar-refractivity contribution in [3.05, 3.63) is 59.0 Å². The van der Waals surface area contributed by atoms with Gasteiger partial charge in [0.1, 0.15) is 11.3 Å². The molecule has 108 valence electrons. The van der Waals surface area contributed by atoms with E-state index in [0.717, 1.165) is 36.4 Å². The van der Waals surface area contributed by atoms with Crippen LogP contribution in [0, 0.1) is 0 Å². The van der Waals surface area contributed by atoms with Crippen LogP contribution in [0.25, 0.3) is 11.2 Å². The molecule has 3 aromatic rings. The lowest BCUT2D eigenvalue weighted by Gasteiger charge is -2.07. The predicted molar refractivity (Wildman–Crippen MR) is 85.4 cm³/mol. The Labute approximate surface area is 128 Å². The fourth-order valence-corrected chi connectivity index (χ4v) is 2.64. The first kappa shape index (κ1) is 14.0. The summed E-state index contributed by atoms with van der Waals surface area (Å²) in [7, 11) is 0. The second-order valence-corrected chi connectivity index (χ2v) is 5.39. The van der Waals surface area contributed by atoms with Crippen LogP contribution in [-0.4, -0.2) is 21.1 Å². The van der Waals surface area contributed by atoms with E-state index in [2.05, 4.69) is 38.8 Å². The number of hydrogen-bond acceptors (Lipinski definition) is 3. The second kappa shape index (κ2) is 6.24. The molecule has 0 aliphatic carbocycles. The normalized spacial score (nSPS) is 11.1. The van der Waals surface area contributed by atoms with Gasteiger partial charge in [0, 0.05) is 25.7 Å². The Hall–Kier alpha value is -1.91. The van der Waals surface area contributed by atoms with Gasteiger partial charge in [0.15, 0.2) is 5.65 Å². The summed E-state index contributed by atoms with van der Waals surface area (Å²) in [5.41, 5.74) is 8.70. The zero-order chi connectivity index (χ0) is 14.7. The number of fused-ring (bicyclic) bond motifs is 1. The maximum Gasteiger partial charge on any atom is 0.160 e. The topological polar surface area (TPSA) is 56.7 Å². The number of aryl methyl sites for hydroxylation is 2. The number of pyridine rings is 1. The average molecular weight is 301 g/mol. The van der Waals surface area contributed by atoms with E-state index >= 15 is 0 Å². The first-order valence-electron chi connectivity index (χ1n) is 7.02. The van der Waals surface area contributed by atoms with E-state index in [0.29, 0.717) is 11.6 Å². The first-order chi connectivity index (χ1) is 10.3. The SMILES string of the molecule is NCCn1c(CCc2ccccc2)nc2cc(Cl)cnc21. The Kier molecular flexibility index (Phi) is 4.18. The number of hydrogen-bond donors (Lipinski definition) is 1. The number of benzene rings is 1. The highest BCUT2D eigenvalue weighted by atomic mass is 35.5. The van der Waals surface area contributed by atoms with Gasteiger partial charge < -0.3 is 10.3 Å². The number of imidazole rings is 1. The molecule has 2 N–H and O–H groups in total. The summed E-state index contributed by atoms with van der Waals surface area (Å²) in [5, 5.41) is 0.606. The fourth-order valence-electron chi connectivity index (χ4n) is 2.49. The molecule has 2 aromatic heterocycles. The molecule has 0 radical (unpaired) electrons. The average Bonchev–Trinajstić information content (AvgIpc) is 2.84. The van der Waals surface area contributed by atoms with Crippen molar-refractivity contribution < 1.29 is 0 Å². The van der Waals surface area contributed by atoms with Crippen LogP contribution in [0.5, 0.6) is 0 Å².